The van der Waals surface area contributed by atoms with Crippen molar-refractivity contribution in [3.63, 3.8) is 0 Å². The summed E-state index contributed by atoms with van der Waals surface area (Å²) in [4.78, 5) is 0. The maximum Gasteiger partial charge on any atom is 0.487 e. The fourth-order valence-corrected chi connectivity index (χ4v) is 5.56. The van der Waals surface area contributed by atoms with Crippen LogP contribution in [0.15, 0.2) is 42.4 Å². The average Bonchev–Trinajstić information content (AvgIpc) is 3.59. The molecule has 2 aromatic rings. The third kappa shape index (κ3) is 7.11. The highest BCUT2D eigenvalue weighted by atomic mass is 35.5. The van der Waals surface area contributed by atoms with Crippen molar-refractivity contribution in [1.29, 1.82) is 0 Å². The average molecular weight is 599 g/mol. The molecule has 2 aliphatic heterocycles. The van der Waals surface area contributed by atoms with E-state index in [1.54, 1.807) is 0 Å². The maximum absolute atomic E-state index is 6.39. The van der Waals surface area contributed by atoms with Crippen LogP contribution in [0.2, 0.25) is 15.9 Å². The minimum absolute atomic E-state index is 0.110. The molecular formula is C33H46B2Cl2O4. The van der Waals surface area contributed by atoms with Gasteiger partial charge in [0.15, 0.2) is 0 Å². The molecule has 0 amide bonds. The molecule has 1 aliphatic carbocycles. The van der Waals surface area contributed by atoms with Crippen LogP contribution >= 0.6 is 23.2 Å². The number of hydrogen-bond donors (Lipinski definition) is 0. The van der Waals surface area contributed by atoms with E-state index in [0.29, 0.717) is 11.7 Å². The van der Waals surface area contributed by atoms with Crippen LogP contribution < -0.4 is 0 Å². The zero-order valence-electron chi connectivity index (χ0n) is 26.4. The summed E-state index contributed by atoms with van der Waals surface area (Å²) in [5.41, 5.74) is 3.75. The zero-order chi connectivity index (χ0) is 30.4. The molecule has 3 aliphatic rings. The Kier molecular flexibility index (Phi) is 9.57. The summed E-state index contributed by atoms with van der Waals surface area (Å²) < 4.78 is 24.2. The highest BCUT2D eigenvalue weighted by Crippen LogP contribution is 2.59. The standard InChI is InChI=1S/C17H24BClO2.C16H22BClO2/c1-6-11-7-8-15(19)13(9-11)12-10-14(12)18-20-16(2,3)17(4,5)21-18;1-6-12-7-8-14(18)13(11-12)9-10-17-19-15(2,3)16(4,5)20-17/h7-9,12,14H,6,10H2,1-5H3;7-11H,6H2,1-5H3/b;10-9+. The van der Waals surface area contributed by atoms with Crippen molar-refractivity contribution in [1.82, 2.24) is 0 Å². The van der Waals surface area contributed by atoms with Crippen molar-refractivity contribution in [2.24, 2.45) is 0 Å². The van der Waals surface area contributed by atoms with Gasteiger partial charge < -0.3 is 18.6 Å². The summed E-state index contributed by atoms with van der Waals surface area (Å²) in [5.74, 6) is 2.83. The molecule has 222 valence electrons. The van der Waals surface area contributed by atoms with Crippen LogP contribution in [0.1, 0.15) is 104 Å². The second-order valence-corrected chi connectivity index (χ2v) is 14.3. The zero-order valence-corrected chi connectivity index (χ0v) is 28.0. The van der Waals surface area contributed by atoms with E-state index < -0.39 is 0 Å². The molecule has 2 heterocycles. The normalized spacial score (nSPS) is 25.4. The molecule has 0 aromatic heterocycles. The predicted octanol–water partition coefficient (Wildman–Crippen LogP) is 9.40. The number of hydrogen-bond acceptors (Lipinski definition) is 4. The number of halogens is 2. The van der Waals surface area contributed by atoms with Gasteiger partial charge in [0.25, 0.3) is 0 Å². The number of benzene rings is 2. The predicted molar refractivity (Wildman–Crippen MR) is 174 cm³/mol. The molecule has 8 heteroatoms. The first-order valence-electron chi connectivity index (χ1n) is 15.0. The highest BCUT2D eigenvalue weighted by molar-refractivity contribution is 6.52. The fraction of sp³-hybridized carbons (Fsp3) is 0.576. The van der Waals surface area contributed by atoms with Crippen molar-refractivity contribution in [3.05, 3.63) is 74.7 Å². The van der Waals surface area contributed by atoms with E-state index in [9.17, 15) is 0 Å². The molecule has 0 N–H and O–H groups in total. The van der Waals surface area contributed by atoms with Gasteiger partial charge in [0.05, 0.1) is 22.4 Å². The molecule has 5 rings (SSSR count). The van der Waals surface area contributed by atoms with Gasteiger partial charge in [0.2, 0.25) is 0 Å². The summed E-state index contributed by atoms with van der Waals surface area (Å²) in [6.07, 6.45) is 5.11. The molecular weight excluding hydrogens is 553 g/mol. The Bertz CT molecular complexity index is 1240. The van der Waals surface area contributed by atoms with Crippen LogP contribution in [-0.2, 0) is 31.5 Å². The molecule has 2 saturated heterocycles. The van der Waals surface area contributed by atoms with Crippen LogP contribution in [0.3, 0.4) is 0 Å². The first kappa shape index (κ1) is 32.6. The summed E-state index contributed by atoms with van der Waals surface area (Å²) in [5, 5.41) is 1.62. The van der Waals surface area contributed by atoms with Gasteiger partial charge in [-0.15, -0.1) is 0 Å². The van der Waals surface area contributed by atoms with Gasteiger partial charge in [-0.2, -0.15) is 0 Å². The molecule has 2 aromatic carbocycles. The maximum atomic E-state index is 6.39. The summed E-state index contributed by atoms with van der Waals surface area (Å²) in [7, 11) is -0.442. The van der Waals surface area contributed by atoms with E-state index in [1.165, 1.54) is 16.7 Å². The Morgan fingerprint density at radius 1 is 0.732 bits per heavy atom. The van der Waals surface area contributed by atoms with Gasteiger partial charge in [0, 0.05) is 15.9 Å². The molecule has 4 nitrogen and oxygen atoms in total. The molecule has 1 saturated carbocycles. The number of rotatable bonds is 6. The van der Waals surface area contributed by atoms with Crippen molar-refractivity contribution >= 4 is 43.5 Å². The summed E-state index contributed by atoms with van der Waals surface area (Å²) in [6.45, 7) is 20.9. The summed E-state index contributed by atoms with van der Waals surface area (Å²) in [6, 6.07) is 12.5. The quantitative estimate of drug-likeness (QED) is 0.310. The van der Waals surface area contributed by atoms with Gasteiger partial charge in [0.1, 0.15) is 0 Å². The minimum atomic E-state index is -0.332. The van der Waals surface area contributed by atoms with E-state index in [-0.39, 0.29) is 36.6 Å². The monoisotopic (exact) mass is 598 g/mol. The molecule has 0 radical (unpaired) electrons. The third-order valence-electron chi connectivity index (χ3n) is 9.50. The van der Waals surface area contributed by atoms with Crippen LogP contribution in [-0.4, -0.2) is 36.6 Å². The van der Waals surface area contributed by atoms with E-state index in [4.69, 9.17) is 41.8 Å². The second-order valence-electron chi connectivity index (χ2n) is 13.5. The van der Waals surface area contributed by atoms with E-state index in [2.05, 4.69) is 65.8 Å². The minimum Gasteiger partial charge on any atom is -0.403 e. The van der Waals surface area contributed by atoms with Crippen LogP contribution in [0.25, 0.3) is 6.08 Å². The smallest absolute Gasteiger partial charge is 0.403 e. The van der Waals surface area contributed by atoms with E-state index in [1.807, 2.05) is 51.9 Å². The molecule has 3 fully saturated rings. The topological polar surface area (TPSA) is 36.9 Å². The SMILES string of the molecule is CCc1ccc(Cl)c(/C=C/B2OC(C)(C)C(C)(C)O2)c1.CCc1ccc(Cl)c(C2CC2B2OC(C)(C)C(C)(C)O2)c1. The lowest BCUT2D eigenvalue weighted by atomic mass is 9.79. The van der Waals surface area contributed by atoms with Crippen LogP contribution in [0.5, 0.6) is 0 Å². The Morgan fingerprint density at radius 2 is 1.22 bits per heavy atom. The number of aryl methyl sites for hydroxylation is 2. The Hall–Kier alpha value is -1.27. The molecule has 41 heavy (non-hydrogen) atoms. The van der Waals surface area contributed by atoms with Crippen LogP contribution in [0.4, 0.5) is 0 Å². The Balaban J connectivity index is 0.000000189. The molecule has 2 unspecified atom stereocenters. The highest BCUT2D eigenvalue weighted by Gasteiger charge is 2.60. The van der Waals surface area contributed by atoms with Gasteiger partial charge in [-0.25, -0.2) is 0 Å². The molecule has 0 bridgehead atoms. The fourth-order valence-electron chi connectivity index (χ4n) is 5.12. The van der Waals surface area contributed by atoms with Gasteiger partial charge in [-0.05, 0) is 115 Å². The van der Waals surface area contributed by atoms with Crippen molar-refractivity contribution in [2.45, 2.75) is 123 Å². The van der Waals surface area contributed by atoms with Crippen LogP contribution in [0, 0.1) is 0 Å². The van der Waals surface area contributed by atoms with Crippen molar-refractivity contribution in [2.75, 3.05) is 0 Å². The Morgan fingerprint density at radius 3 is 1.76 bits per heavy atom. The Labute approximate surface area is 258 Å². The molecule has 0 spiro atoms. The van der Waals surface area contributed by atoms with Gasteiger partial charge in [-0.3, -0.25) is 0 Å². The van der Waals surface area contributed by atoms with E-state index in [0.717, 1.165) is 34.9 Å². The van der Waals surface area contributed by atoms with Crippen molar-refractivity contribution < 1.29 is 18.6 Å². The first-order valence-corrected chi connectivity index (χ1v) is 15.7. The van der Waals surface area contributed by atoms with Gasteiger partial charge in [-0.1, -0.05) is 73.4 Å². The lowest BCUT2D eigenvalue weighted by molar-refractivity contribution is 0.00578. The first-order chi connectivity index (χ1) is 19.0. The lowest BCUT2D eigenvalue weighted by Gasteiger charge is -2.32. The largest absolute Gasteiger partial charge is 0.487 e. The summed E-state index contributed by atoms with van der Waals surface area (Å²) >= 11 is 12.6. The van der Waals surface area contributed by atoms with Crippen molar-refractivity contribution in [3.8, 4) is 0 Å². The second kappa shape index (κ2) is 12.0. The third-order valence-corrected chi connectivity index (χ3v) is 10.2. The van der Waals surface area contributed by atoms with Gasteiger partial charge >= 0.3 is 14.2 Å². The van der Waals surface area contributed by atoms with E-state index >= 15 is 0 Å². The molecule has 2 atom stereocenters. The lowest BCUT2D eigenvalue weighted by Crippen LogP contribution is -2.41.